The van der Waals surface area contributed by atoms with Crippen LogP contribution < -0.4 is 5.32 Å². The Morgan fingerprint density at radius 3 is 2.43 bits per heavy atom. The lowest BCUT2D eigenvalue weighted by atomic mass is 10.1. The first-order valence-electron chi connectivity index (χ1n) is 6.50. The molecule has 0 aliphatic rings. The lowest BCUT2D eigenvalue weighted by Crippen LogP contribution is -2.48. The van der Waals surface area contributed by atoms with E-state index in [2.05, 4.69) is 5.32 Å². The molecule has 0 aliphatic carbocycles. The summed E-state index contributed by atoms with van der Waals surface area (Å²) in [6.07, 6.45) is 0. The molecular formula is C15H19N3O3. The Morgan fingerprint density at radius 1 is 1.29 bits per heavy atom. The van der Waals surface area contributed by atoms with Gasteiger partial charge in [0.25, 0.3) is 0 Å². The third kappa shape index (κ3) is 5.24. The van der Waals surface area contributed by atoms with E-state index in [9.17, 15) is 9.59 Å². The standard InChI is InChI=1S/C15H19N3O3/c1-15(2,3)18(10-14(20)21)9-13(19)17-12-7-5-4-6-11(12)8-16/h4-7H,9-10H2,1-3H3,(H,17,19)(H,20,21). The first-order chi connectivity index (χ1) is 9.74. The smallest absolute Gasteiger partial charge is 0.317 e. The second-order valence-corrected chi connectivity index (χ2v) is 5.63. The van der Waals surface area contributed by atoms with Gasteiger partial charge in [0, 0.05) is 5.54 Å². The van der Waals surface area contributed by atoms with Gasteiger partial charge in [-0.3, -0.25) is 14.5 Å². The number of carboxylic acids is 1. The number of amides is 1. The predicted molar refractivity (Wildman–Crippen MR) is 78.7 cm³/mol. The van der Waals surface area contributed by atoms with Crippen LogP contribution in [0.5, 0.6) is 0 Å². The molecular weight excluding hydrogens is 270 g/mol. The van der Waals surface area contributed by atoms with Crippen LogP contribution in [0.4, 0.5) is 5.69 Å². The van der Waals surface area contributed by atoms with Gasteiger partial charge in [-0.15, -0.1) is 0 Å². The molecule has 1 amide bonds. The van der Waals surface area contributed by atoms with Gasteiger partial charge in [0.05, 0.1) is 24.3 Å². The minimum atomic E-state index is -0.991. The molecule has 1 aromatic carbocycles. The van der Waals surface area contributed by atoms with Crippen LogP contribution in [0.3, 0.4) is 0 Å². The highest BCUT2D eigenvalue weighted by atomic mass is 16.4. The Balaban J connectivity index is 2.79. The van der Waals surface area contributed by atoms with E-state index in [1.54, 1.807) is 29.2 Å². The number of carboxylic acid groups (broad SMARTS) is 1. The summed E-state index contributed by atoms with van der Waals surface area (Å²) in [6, 6.07) is 8.66. The van der Waals surface area contributed by atoms with Gasteiger partial charge >= 0.3 is 5.97 Å². The number of carbonyl (C=O) groups is 2. The van der Waals surface area contributed by atoms with Gasteiger partial charge in [-0.1, -0.05) is 12.1 Å². The second kappa shape index (κ2) is 6.86. The lowest BCUT2D eigenvalue weighted by molar-refractivity contribution is -0.140. The molecule has 0 fully saturated rings. The van der Waals surface area contributed by atoms with Crippen LogP contribution in [0.15, 0.2) is 24.3 Å². The Hall–Kier alpha value is -2.39. The molecule has 1 rings (SSSR count). The molecule has 0 saturated heterocycles. The number of anilines is 1. The van der Waals surface area contributed by atoms with E-state index in [1.807, 2.05) is 26.8 Å². The number of hydrogen-bond donors (Lipinski definition) is 2. The number of hydrogen-bond acceptors (Lipinski definition) is 4. The molecule has 21 heavy (non-hydrogen) atoms. The average Bonchev–Trinajstić information content (AvgIpc) is 2.37. The number of aliphatic carboxylic acids is 1. The maximum Gasteiger partial charge on any atom is 0.317 e. The van der Waals surface area contributed by atoms with E-state index in [0.29, 0.717) is 11.3 Å². The quantitative estimate of drug-likeness (QED) is 0.860. The fraction of sp³-hybridized carbons (Fsp3) is 0.400. The molecule has 0 heterocycles. The normalized spacial score (nSPS) is 11.0. The molecule has 6 heteroatoms. The van der Waals surface area contributed by atoms with Gasteiger partial charge in [-0.05, 0) is 32.9 Å². The van der Waals surface area contributed by atoms with Gasteiger partial charge in [0.1, 0.15) is 6.07 Å². The molecule has 0 bridgehead atoms. The summed E-state index contributed by atoms with van der Waals surface area (Å²) in [5, 5.41) is 20.5. The molecule has 2 N–H and O–H groups in total. The Morgan fingerprint density at radius 2 is 1.90 bits per heavy atom. The first-order valence-corrected chi connectivity index (χ1v) is 6.50. The zero-order valence-electron chi connectivity index (χ0n) is 12.4. The number of para-hydroxylation sites is 1. The molecule has 0 aliphatic heterocycles. The molecule has 0 saturated carbocycles. The van der Waals surface area contributed by atoms with E-state index >= 15 is 0 Å². The van der Waals surface area contributed by atoms with Gasteiger partial charge < -0.3 is 10.4 Å². The number of nitriles is 1. The Labute approximate surface area is 124 Å². The van der Waals surface area contributed by atoms with Crippen molar-refractivity contribution >= 4 is 17.6 Å². The summed E-state index contributed by atoms with van der Waals surface area (Å²) in [6.45, 7) is 5.23. The maximum absolute atomic E-state index is 12.1. The summed E-state index contributed by atoms with van der Waals surface area (Å²) >= 11 is 0. The highest BCUT2D eigenvalue weighted by Gasteiger charge is 2.25. The summed E-state index contributed by atoms with van der Waals surface area (Å²) in [5.41, 5.74) is 0.338. The summed E-state index contributed by atoms with van der Waals surface area (Å²) in [7, 11) is 0. The lowest BCUT2D eigenvalue weighted by Gasteiger charge is -2.33. The van der Waals surface area contributed by atoms with Crippen molar-refractivity contribution in [3.05, 3.63) is 29.8 Å². The molecule has 112 valence electrons. The van der Waals surface area contributed by atoms with Crippen LogP contribution in [-0.2, 0) is 9.59 Å². The highest BCUT2D eigenvalue weighted by molar-refractivity contribution is 5.93. The van der Waals surface area contributed by atoms with Gasteiger partial charge in [-0.25, -0.2) is 0 Å². The SMILES string of the molecule is CC(C)(C)N(CC(=O)O)CC(=O)Nc1ccccc1C#N. The predicted octanol–water partition coefficient (Wildman–Crippen LogP) is 1.68. The van der Waals surface area contributed by atoms with Gasteiger partial charge in [0.15, 0.2) is 0 Å². The molecule has 0 atom stereocenters. The molecule has 1 aromatic rings. The highest BCUT2D eigenvalue weighted by Crippen LogP contribution is 2.15. The third-order valence-corrected chi connectivity index (χ3v) is 2.93. The minimum absolute atomic E-state index is 0.0600. The Kier molecular flexibility index (Phi) is 5.44. The van der Waals surface area contributed by atoms with Crippen molar-refractivity contribution in [2.24, 2.45) is 0 Å². The fourth-order valence-corrected chi connectivity index (χ4v) is 1.75. The number of nitrogens with zero attached hydrogens (tertiary/aromatic N) is 2. The zero-order chi connectivity index (χ0) is 16.0. The second-order valence-electron chi connectivity index (χ2n) is 5.63. The van der Waals surface area contributed by atoms with Crippen molar-refractivity contribution in [1.82, 2.24) is 4.90 Å². The molecule has 0 aromatic heterocycles. The van der Waals surface area contributed by atoms with E-state index in [-0.39, 0.29) is 19.0 Å². The Bertz CT molecular complexity index is 570. The van der Waals surface area contributed by atoms with Crippen LogP contribution in [-0.4, -0.2) is 40.5 Å². The van der Waals surface area contributed by atoms with Crippen LogP contribution >= 0.6 is 0 Å². The fourth-order valence-electron chi connectivity index (χ4n) is 1.75. The number of nitrogens with one attached hydrogen (secondary N) is 1. The van der Waals surface area contributed by atoms with Gasteiger partial charge in [0.2, 0.25) is 5.91 Å². The summed E-state index contributed by atoms with van der Waals surface area (Å²) in [4.78, 5) is 24.5. The van der Waals surface area contributed by atoms with Crippen LogP contribution in [0.2, 0.25) is 0 Å². The third-order valence-electron chi connectivity index (χ3n) is 2.93. The molecule has 0 radical (unpaired) electrons. The van der Waals surface area contributed by atoms with Crippen molar-refractivity contribution in [3.63, 3.8) is 0 Å². The molecule has 0 spiro atoms. The van der Waals surface area contributed by atoms with E-state index < -0.39 is 11.5 Å². The van der Waals surface area contributed by atoms with Crippen LogP contribution in [0, 0.1) is 11.3 Å². The van der Waals surface area contributed by atoms with Gasteiger partial charge in [-0.2, -0.15) is 5.26 Å². The summed E-state index contributed by atoms with van der Waals surface area (Å²) in [5.74, 6) is -1.34. The zero-order valence-corrected chi connectivity index (χ0v) is 12.4. The topological polar surface area (TPSA) is 93.4 Å². The number of benzene rings is 1. The van der Waals surface area contributed by atoms with E-state index in [1.165, 1.54) is 0 Å². The molecule has 6 nitrogen and oxygen atoms in total. The number of rotatable bonds is 5. The number of carbonyl (C=O) groups excluding carboxylic acids is 1. The minimum Gasteiger partial charge on any atom is -0.480 e. The monoisotopic (exact) mass is 289 g/mol. The largest absolute Gasteiger partial charge is 0.480 e. The van der Waals surface area contributed by atoms with Crippen LogP contribution in [0.25, 0.3) is 0 Å². The van der Waals surface area contributed by atoms with Crippen molar-refractivity contribution in [2.45, 2.75) is 26.3 Å². The van der Waals surface area contributed by atoms with Crippen molar-refractivity contribution in [1.29, 1.82) is 5.26 Å². The van der Waals surface area contributed by atoms with E-state index in [0.717, 1.165) is 0 Å². The molecule has 0 unspecified atom stereocenters. The van der Waals surface area contributed by atoms with Crippen molar-refractivity contribution < 1.29 is 14.7 Å². The van der Waals surface area contributed by atoms with Crippen LogP contribution in [0.1, 0.15) is 26.3 Å². The van der Waals surface area contributed by atoms with Crippen molar-refractivity contribution in [2.75, 3.05) is 18.4 Å². The first kappa shape index (κ1) is 16.7. The van der Waals surface area contributed by atoms with E-state index in [4.69, 9.17) is 10.4 Å². The average molecular weight is 289 g/mol. The van der Waals surface area contributed by atoms with Crippen molar-refractivity contribution in [3.8, 4) is 6.07 Å². The maximum atomic E-state index is 12.1. The summed E-state index contributed by atoms with van der Waals surface area (Å²) < 4.78 is 0.